The van der Waals surface area contributed by atoms with Crippen LogP contribution in [0.1, 0.15) is 22.3 Å². The predicted molar refractivity (Wildman–Crippen MR) is 139 cm³/mol. The predicted octanol–water partition coefficient (Wildman–Crippen LogP) is 6.91. The van der Waals surface area contributed by atoms with E-state index in [2.05, 4.69) is 24.5 Å². The maximum absolute atomic E-state index is 16.1. The summed E-state index contributed by atoms with van der Waals surface area (Å²) in [5.41, 5.74) is -3.79. The molecule has 0 atom stereocenters. The molecule has 0 fully saturated rings. The number of aromatic nitrogens is 2. The summed E-state index contributed by atoms with van der Waals surface area (Å²) in [5.74, 6) is -2.32. The fourth-order valence-electron chi connectivity index (χ4n) is 4.88. The average molecular weight is 518 g/mol. The third-order valence-electron chi connectivity index (χ3n) is 6.33. The molecule has 3 aromatic rings. The first-order valence-electron chi connectivity index (χ1n) is 11.2. The van der Waals surface area contributed by atoms with Gasteiger partial charge < -0.3 is 0 Å². The van der Waals surface area contributed by atoms with Crippen LogP contribution in [0.3, 0.4) is 0 Å². The molecule has 40 heavy (non-hydrogen) atoms. The van der Waals surface area contributed by atoms with Gasteiger partial charge in [-0.05, 0) is 35.4 Å². The normalized spacial score (nSPS) is 15.5. The van der Waals surface area contributed by atoms with Gasteiger partial charge in [-0.3, -0.25) is 9.97 Å². The summed E-state index contributed by atoms with van der Waals surface area (Å²) in [5, 5.41) is 29.6. The maximum Gasteiger partial charge on any atom is 0.272 e. The number of pyridine rings is 2. The van der Waals surface area contributed by atoms with Crippen LogP contribution in [0.5, 0.6) is 0 Å². The van der Waals surface area contributed by atoms with Gasteiger partial charge >= 0.3 is 0 Å². The molecular weight excluding hydrogens is 510 g/mol. The lowest BCUT2D eigenvalue weighted by Crippen LogP contribution is -2.05. The largest absolute Gasteiger partial charge is 0.272 e. The van der Waals surface area contributed by atoms with Crippen LogP contribution in [-0.2, 0) is 0 Å². The fourth-order valence-corrected chi connectivity index (χ4v) is 4.88. The number of rotatable bonds is 2. The first-order chi connectivity index (χ1) is 19.5. The van der Waals surface area contributed by atoms with E-state index < -0.39 is 45.5 Å². The number of hydrogen-bond donors (Lipinski definition) is 0. The van der Waals surface area contributed by atoms with Crippen molar-refractivity contribution in [1.82, 2.24) is 9.97 Å². The number of halogens is 2. The molecular formula is C30H8F2N8. The van der Waals surface area contributed by atoms with Crippen molar-refractivity contribution in [3.8, 4) is 40.7 Å². The third-order valence-corrected chi connectivity index (χ3v) is 6.33. The Morgan fingerprint density at radius 2 is 1.18 bits per heavy atom. The van der Waals surface area contributed by atoms with E-state index in [1.807, 2.05) is 0 Å². The molecule has 0 aliphatic heterocycles. The zero-order valence-electron chi connectivity index (χ0n) is 20.0. The van der Waals surface area contributed by atoms with E-state index in [1.54, 1.807) is 42.5 Å². The first kappa shape index (κ1) is 25.0. The van der Waals surface area contributed by atoms with Crippen molar-refractivity contribution >= 4 is 22.4 Å². The zero-order valence-corrected chi connectivity index (χ0v) is 20.0. The molecule has 5 rings (SSSR count). The van der Waals surface area contributed by atoms with Crippen molar-refractivity contribution < 1.29 is 8.78 Å². The number of hydrogen-bond acceptors (Lipinski definition) is 5. The number of allylic oxidation sites excluding steroid dienone is 7. The molecule has 0 N–H and O–H groups in total. The van der Waals surface area contributed by atoms with E-state index in [4.69, 9.17) is 19.7 Å². The first-order valence-corrected chi connectivity index (χ1v) is 11.2. The van der Waals surface area contributed by atoms with Crippen molar-refractivity contribution in [2.45, 2.75) is 0 Å². The lowest BCUT2D eigenvalue weighted by Gasteiger charge is -2.22. The molecule has 2 aliphatic carbocycles. The molecule has 2 heterocycles. The van der Waals surface area contributed by atoms with Crippen LogP contribution < -0.4 is 0 Å². The number of nitriles is 3. The van der Waals surface area contributed by atoms with Crippen molar-refractivity contribution in [1.29, 1.82) is 15.8 Å². The van der Waals surface area contributed by atoms with E-state index in [-0.39, 0.29) is 44.8 Å². The molecule has 0 saturated heterocycles. The SMILES string of the molecule is [C-]#[N+]C1=C(F)/C(=C(/C#N)[N+]#[C-])c2c1c(-c1ccccn1)c1c(c2-c2ccccn2)/C(=C(/C#N)[N+]#[C-])C(F)=C1C#N. The van der Waals surface area contributed by atoms with Crippen LogP contribution in [0.4, 0.5) is 8.78 Å². The summed E-state index contributed by atoms with van der Waals surface area (Å²) >= 11 is 0. The fraction of sp³-hybridized carbons (Fsp3) is 0. The highest BCUT2D eigenvalue weighted by atomic mass is 19.1. The van der Waals surface area contributed by atoms with Crippen LogP contribution in [-0.4, -0.2) is 9.97 Å². The summed E-state index contributed by atoms with van der Waals surface area (Å²) in [4.78, 5) is 18.4. The smallest absolute Gasteiger partial charge is 0.256 e. The summed E-state index contributed by atoms with van der Waals surface area (Å²) in [6.07, 6.45) is 2.80. The van der Waals surface area contributed by atoms with E-state index in [9.17, 15) is 15.8 Å². The van der Waals surface area contributed by atoms with Gasteiger partial charge in [0.15, 0.2) is 0 Å². The molecule has 2 aliphatic rings. The molecule has 10 heteroatoms. The second kappa shape index (κ2) is 9.63. The molecule has 0 saturated carbocycles. The summed E-state index contributed by atoms with van der Waals surface area (Å²) in [6, 6.07) is 14.5. The molecule has 182 valence electrons. The second-order valence-electron chi connectivity index (χ2n) is 8.15. The molecule has 0 bridgehead atoms. The molecule has 0 radical (unpaired) electrons. The van der Waals surface area contributed by atoms with Crippen LogP contribution >= 0.6 is 0 Å². The minimum atomic E-state index is -1.16. The van der Waals surface area contributed by atoms with Gasteiger partial charge in [0.1, 0.15) is 17.7 Å². The van der Waals surface area contributed by atoms with E-state index in [0.29, 0.717) is 0 Å². The Kier molecular flexibility index (Phi) is 6.00. The Balaban J connectivity index is 2.23. The minimum Gasteiger partial charge on any atom is -0.256 e. The highest BCUT2D eigenvalue weighted by Crippen LogP contribution is 2.59. The summed E-state index contributed by atoms with van der Waals surface area (Å²) < 4.78 is 32.2. The van der Waals surface area contributed by atoms with Crippen molar-refractivity contribution in [3.63, 3.8) is 0 Å². The highest BCUT2D eigenvalue weighted by molar-refractivity contribution is 6.19. The van der Waals surface area contributed by atoms with Gasteiger partial charge in [0.25, 0.3) is 11.4 Å². The van der Waals surface area contributed by atoms with Crippen LogP contribution in [0.15, 0.2) is 71.8 Å². The van der Waals surface area contributed by atoms with Crippen molar-refractivity contribution in [2.24, 2.45) is 0 Å². The maximum atomic E-state index is 16.1. The van der Waals surface area contributed by atoms with Gasteiger partial charge in [0.2, 0.25) is 5.70 Å². The van der Waals surface area contributed by atoms with Gasteiger partial charge in [-0.2, -0.15) is 5.26 Å². The molecule has 0 spiro atoms. The Morgan fingerprint density at radius 1 is 0.675 bits per heavy atom. The molecule has 2 aromatic heterocycles. The van der Waals surface area contributed by atoms with E-state index >= 15 is 8.78 Å². The number of benzene rings is 1. The highest BCUT2D eigenvalue weighted by Gasteiger charge is 2.44. The molecule has 1 aromatic carbocycles. The van der Waals surface area contributed by atoms with Gasteiger partial charge in [0, 0.05) is 45.8 Å². The van der Waals surface area contributed by atoms with Crippen LogP contribution in [0.25, 0.3) is 59.5 Å². The van der Waals surface area contributed by atoms with Crippen LogP contribution in [0.2, 0.25) is 0 Å². The molecule has 0 amide bonds. The van der Waals surface area contributed by atoms with E-state index in [1.165, 1.54) is 24.5 Å². The second-order valence-corrected chi connectivity index (χ2v) is 8.15. The lowest BCUT2D eigenvalue weighted by molar-refractivity contribution is 0.681. The van der Waals surface area contributed by atoms with E-state index in [0.717, 1.165) is 0 Å². The third kappa shape index (κ3) is 3.30. The zero-order chi connectivity index (χ0) is 28.6. The number of fused-ring (bicyclic) bond motifs is 2. The monoisotopic (exact) mass is 518 g/mol. The lowest BCUT2D eigenvalue weighted by atomic mass is 9.81. The van der Waals surface area contributed by atoms with Crippen molar-refractivity contribution in [2.75, 3.05) is 0 Å². The minimum absolute atomic E-state index is 0.0207. The Hall–Kier alpha value is -6.72. The molecule has 8 nitrogen and oxygen atoms in total. The van der Waals surface area contributed by atoms with Gasteiger partial charge in [-0.1, -0.05) is 12.1 Å². The number of nitrogens with zero attached hydrogens (tertiary/aromatic N) is 8. The Morgan fingerprint density at radius 3 is 1.60 bits per heavy atom. The van der Waals surface area contributed by atoms with Gasteiger partial charge in [-0.25, -0.2) is 33.8 Å². The topological polar surface area (TPSA) is 110 Å². The summed E-state index contributed by atoms with van der Waals surface area (Å²) in [6.45, 7) is 22.9. The van der Waals surface area contributed by atoms with Crippen LogP contribution in [0, 0.1) is 53.7 Å². The quantitative estimate of drug-likeness (QED) is 0.270. The van der Waals surface area contributed by atoms with Gasteiger partial charge in [-0.15, -0.1) is 0 Å². The van der Waals surface area contributed by atoms with Crippen molar-refractivity contribution in [3.05, 3.63) is 128 Å². The average Bonchev–Trinajstić information content (AvgIpc) is 3.44. The Labute approximate surface area is 226 Å². The Bertz CT molecular complexity index is 1920. The van der Waals surface area contributed by atoms with Gasteiger partial charge in [0.05, 0.1) is 48.8 Å². The standard InChI is InChI=1S/C30H8F2N8/c1-36-18(13-34)23-25-20(15(12-33)28(23)31)21(16-8-4-6-10-39-16)27-26(22(25)17-9-5-7-11-40-17)24(19(14-35)37-2)29(32)30(27)38-3/h4-11H/b23-18+,24-19-. The molecule has 0 unspecified atom stereocenters. The summed E-state index contributed by atoms with van der Waals surface area (Å²) in [7, 11) is 0.